The summed E-state index contributed by atoms with van der Waals surface area (Å²) in [6.07, 6.45) is 5.90. The molecule has 0 bridgehead atoms. The zero-order valence-corrected chi connectivity index (χ0v) is 11.5. The van der Waals surface area contributed by atoms with E-state index in [0.29, 0.717) is 0 Å². The van der Waals surface area contributed by atoms with Crippen LogP contribution in [0.3, 0.4) is 0 Å². The van der Waals surface area contributed by atoms with Gasteiger partial charge in [0.1, 0.15) is 18.7 Å². The molecule has 0 aliphatic heterocycles. The largest absolute Gasteiger partial charge is 0.480 e. The van der Waals surface area contributed by atoms with Crippen molar-refractivity contribution in [3.05, 3.63) is 24.0 Å². The highest BCUT2D eigenvalue weighted by Crippen LogP contribution is 2.28. The quantitative estimate of drug-likeness (QED) is 0.921. The Hall–Kier alpha value is -2.11. The number of carboxylic acid groups (broad SMARTS) is 1. The molecule has 2 heterocycles. The van der Waals surface area contributed by atoms with E-state index >= 15 is 0 Å². The maximum atomic E-state index is 11.2. The molecule has 6 nitrogen and oxygen atoms in total. The molecule has 3 rings (SSSR count). The summed E-state index contributed by atoms with van der Waals surface area (Å²) in [6, 6.07) is 4.22. The summed E-state index contributed by atoms with van der Waals surface area (Å²) in [6.45, 7) is 1.99. The predicted octanol–water partition coefficient (Wildman–Crippen LogP) is 1.87. The van der Waals surface area contributed by atoms with Crippen LogP contribution in [0.1, 0.15) is 31.2 Å². The van der Waals surface area contributed by atoms with Crippen LogP contribution >= 0.6 is 0 Å². The number of hydrogen-bond acceptors (Lipinski definition) is 4. The number of fused-ring (bicyclic) bond motifs is 1. The molecule has 0 saturated heterocycles. The number of carboxylic acids is 1. The highest BCUT2D eigenvalue weighted by Gasteiger charge is 2.26. The molecule has 1 aliphatic carbocycles. The van der Waals surface area contributed by atoms with Crippen LogP contribution in [-0.2, 0) is 4.79 Å². The highest BCUT2D eigenvalue weighted by atomic mass is 16.4. The van der Waals surface area contributed by atoms with E-state index in [1.54, 1.807) is 4.52 Å². The van der Waals surface area contributed by atoms with Gasteiger partial charge in [0, 0.05) is 6.04 Å². The van der Waals surface area contributed by atoms with Gasteiger partial charge in [-0.1, -0.05) is 12.8 Å². The fourth-order valence-corrected chi connectivity index (χ4v) is 3.00. The van der Waals surface area contributed by atoms with Crippen LogP contribution in [0.25, 0.3) is 5.65 Å². The van der Waals surface area contributed by atoms with Crippen molar-refractivity contribution in [3.8, 4) is 0 Å². The van der Waals surface area contributed by atoms with Gasteiger partial charge in [-0.05, 0) is 37.5 Å². The monoisotopic (exact) mass is 274 g/mol. The summed E-state index contributed by atoms with van der Waals surface area (Å²) >= 11 is 0. The maximum absolute atomic E-state index is 11.2. The van der Waals surface area contributed by atoms with Gasteiger partial charge in [0.05, 0.1) is 0 Å². The smallest absolute Gasteiger partial charge is 0.323 e. The lowest BCUT2D eigenvalue weighted by atomic mass is 10.2. The van der Waals surface area contributed by atoms with Crippen molar-refractivity contribution in [1.29, 1.82) is 0 Å². The molecule has 0 amide bonds. The Labute approximate surface area is 117 Å². The molecule has 1 saturated carbocycles. The van der Waals surface area contributed by atoms with E-state index < -0.39 is 5.97 Å². The van der Waals surface area contributed by atoms with Crippen molar-refractivity contribution in [2.45, 2.75) is 38.6 Å². The third kappa shape index (κ3) is 2.33. The minimum Gasteiger partial charge on any atom is -0.480 e. The van der Waals surface area contributed by atoms with Gasteiger partial charge in [0.2, 0.25) is 0 Å². The summed E-state index contributed by atoms with van der Waals surface area (Å²) in [5, 5.41) is 13.4. The minimum absolute atomic E-state index is 0.00306. The Morgan fingerprint density at radius 2 is 2.20 bits per heavy atom. The number of hydrogen-bond donors (Lipinski definition) is 1. The minimum atomic E-state index is -0.813. The molecule has 1 aliphatic rings. The van der Waals surface area contributed by atoms with E-state index in [1.807, 2.05) is 24.0 Å². The van der Waals surface area contributed by atoms with E-state index in [4.69, 9.17) is 0 Å². The molecule has 0 unspecified atom stereocenters. The maximum Gasteiger partial charge on any atom is 0.323 e. The van der Waals surface area contributed by atoms with Gasteiger partial charge >= 0.3 is 5.97 Å². The second-order valence-corrected chi connectivity index (χ2v) is 5.38. The van der Waals surface area contributed by atoms with E-state index in [1.165, 1.54) is 6.33 Å². The van der Waals surface area contributed by atoms with Crippen molar-refractivity contribution in [3.63, 3.8) is 0 Å². The zero-order chi connectivity index (χ0) is 14.1. The van der Waals surface area contributed by atoms with Crippen LogP contribution in [0, 0.1) is 6.92 Å². The summed E-state index contributed by atoms with van der Waals surface area (Å²) in [7, 11) is 0. The summed E-state index contributed by atoms with van der Waals surface area (Å²) in [5.74, 6) is 0.0125. The van der Waals surface area contributed by atoms with Gasteiger partial charge in [-0.25, -0.2) is 4.98 Å². The van der Waals surface area contributed by atoms with E-state index in [-0.39, 0.29) is 12.6 Å². The molecule has 6 heteroatoms. The van der Waals surface area contributed by atoms with Crippen molar-refractivity contribution < 1.29 is 9.90 Å². The average molecular weight is 274 g/mol. The van der Waals surface area contributed by atoms with Gasteiger partial charge in [-0.2, -0.15) is 9.61 Å². The number of rotatable bonds is 4. The van der Waals surface area contributed by atoms with Crippen molar-refractivity contribution in [1.82, 2.24) is 14.6 Å². The van der Waals surface area contributed by atoms with Crippen LogP contribution in [0.2, 0.25) is 0 Å². The van der Waals surface area contributed by atoms with Gasteiger partial charge in [-0.3, -0.25) is 4.79 Å². The van der Waals surface area contributed by atoms with Crippen LogP contribution < -0.4 is 4.90 Å². The van der Waals surface area contributed by atoms with E-state index in [9.17, 15) is 9.90 Å². The number of aromatic nitrogens is 3. The average Bonchev–Trinajstić information content (AvgIpc) is 3.05. The molecule has 0 atom stereocenters. The molecule has 1 N–H and O–H groups in total. The number of anilines is 1. The Kier molecular flexibility index (Phi) is 3.30. The zero-order valence-electron chi connectivity index (χ0n) is 11.5. The first-order valence-corrected chi connectivity index (χ1v) is 6.94. The number of aryl methyl sites for hydroxylation is 1. The standard InChI is InChI=1S/C14H18N4O2/c1-10-6-12-15-9-16-18(12)13(7-10)17(8-14(19)20)11-4-2-3-5-11/h6-7,9,11H,2-5,8H2,1H3,(H,19,20). The fraction of sp³-hybridized carbons (Fsp3) is 0.500. The van der Waals surface area contributed by atoms with Gasteiger partial charge in [-0.15, -0.1) is 0 Å². The molecule has 20 heavy (non-hydrogen) atoms. The third-order valence-corrected chi connectivity index (χ3v) is 3.87. The second kappa shape index (κ2) is 5.11. The van der Waals surface area contributed by atoms with Gasteiger partial charge < -0.3 is 10.0 Å². The van der Waals surface area contributed by atoms with Crippen molar-refractivity contribution in [2.75, 3.05) is 11.4 Å². The van der Waals surface area contributed by atoms with Crippen molar-refractivity contribution >= 4 is 17.4 Å². The lowest BCUT2D eigenvalue weighted by molar-refractivity contribution is -0.135. The Morgan fingerprint density at radius 3 is 2.90 bits per heavy atom. The van der Waals surface area contributed by atoms with Crippen LogP contribution in [0.15, 0.2) is 18.5 Å². The lowest BCUT2D eigenvalue weighted by Crippen LogP contribution is -2.39. The van der Waals surface area contributed by atoms with Crippen LogP contribution in [0.5, 0.6) is 0 Å². The van der Waals surface area contributed by atoms with E-state index in [0.717, 1.165) is 42.7 Å². The molecule has 2 aromatic rings. The molecular formula is C14H18N4O2. The Balaban J connectivity index is 2.07. The molecule has 0 aromatic carbocycles. The molecule has 1 fully saturated rings. The summed E-state index contributed by atoms with van der Waals surface area (Å²) in [4.78, 5) is 17.4. The fourth-order valence-electron chi connectivity index (χ4n) is 3.00. The number of aliphatic carboxylic acids is 1. The molecule has 0 spiro atoms. The Bertz CT molecular complexity index is 631. The number of carbonyl (C=O) groups is 1. The topological polar surface area (TPSA) is 70.7 Å². The van der Waals surface area contributed by atoms with Crippen LogP contribution in [0.4, 0.5) is 5.82 Å². The van der Waals surface area contributed by atoms with Gasteiger partial charge in [0.25, 0.3) is 0 Å². The number of nitrogens with zero attached hydrogens (tertiary/aromatic N) is 4. The summed E-state index contributed by atoms with van der Waals surface area (Å²) in [5.41, 5.74) is 1.82. The first-order chi connectivity index (χ1) is 9.65. The molecule has 106 valence electrons. The van der Waals surface area contributed by atoms with Crippen LogP contribution in [-0.4, -0.2) is 38.3 Å². The summed E-state index contributed by atoms with van der Waals surface area (Å²) < 4.78 is 1.73. The molecular weight excluding hydrogens is 256 g/mol. The van der Waals surface area contributed by atoms with Gasteiger partial charge in [0.15, 0.2) is 5.65 Å². The second-order valence-electron chi connectivity index (χ2n) is 5.38. The predicted molar refractivity (Wildman–Crippen MR) is 75.0 cm³/mol. The van der Waals surface area contributed by atoms with E-state index in [2.05, 4.69) is 10.1 Å². The third-order valence-electron chi connectivity index (χ3n) is 3.87. The highest BCUT2D eigenvalue weighted by molar-refractivity contribution is 5.74. The SMILES string of the molecule is Cc1cc(N(CC(=O)O)C2CCCC2)n2ncnc2c1. The molecule has 0 radical (unpaired) electrons. The first kappa shape index (κ1) is 12.9. The normalized spacial score (nSPS) is 15.8. The lowest BCUT2D eigenvalue weighted by Gasteiger charge is -2.29. The number of pyridine rings is 1. The first-order valence-electron chi connectivity index (χ1n) is 6.94. The van der Waals surface area contributed by atoms with Crippen molar-refractivity contribution in [2.24, 2.45) is 0 Å². The molecule has 2 aromatic heterocycles. The Morgan fingerprint density at radius 1 is 1.45 bits per heavy atom.